The van der Waals surface area contributed by atoms with Gasteiger partial charge in [-0.3, -0.25) is 9.48 Å². The van der Waals surface area contributed by atoms with Gasteiger partial charge in [0.2, 0.25) is 0 Å². The van der Waals surface area contributed by atoms with Crippen molar-refractivity contribution in [1.29, 1.82) is 0 Å². The van der Waals surface area contributed by atoms with Gasteiger partial charge in [0.05, 0.1) is 24.4 Å². The van der Waals surface area contributed by atoms with Gasteiger partial charge in [0.1, 0.15) is 0 Å². The minimum Gasteiger partial charge on any atom is -0.379 e. The number of nitrogens with zero attached hydrogens (tertiary/aromatic N) is 2. The van der Waals surface area contributed by atoms with Gasteiger partial charge in [0.25, 0.3) is 0 Å². The number of ketones is 1. The molecule has 0 radical (unpaired) electrons. The molecule has 1 aliphatic heterocycles. The smallest absolute Gasteiger partial charge is 0.162 e. The SMILES string of the molecule is CC(=O)c1cnn(C2CCOC2)c1. The van der Waals surface area contributed by atoms with E-state index < -0.39 is 0 Å². The first-order valence-corrected chi connectivity index (χ1v) is 4.40. The Kier molecular flexibility index (Phi) is 2.14. The molecule has 0 spiro atoms. The summed E-state index contributed by atoms with van der Waals surface area (Å²) in [6, 6.07) is 0.313. The summed E-state index contributed by atoms with van der Waals surface area (Å²) >= 11 is 0. The standard InChI is InChI=1S/C9H12N2O2/c1-7(12)8-4-10-11(5-8)9-2-3-13-6-9/h4-5,9H,2-3,6H2,1H3. The molecule has 0 bridgehead atoms. The molecule has 0 amide bonds. The Hall–Kier alpha value is -1.16. The van der Waals surface area contributed by atoms with Crippen molar-refractivity contribution in [3.8, 4) is 0 Å². The molecule has 2 rings (SSSR count). The third-order valence-corrected chi connectivity index (χ3v) is 2.29. The Morgan fingerprint density at radius 2 is 2.62 bits per heavy atom. The summed E-state index contributed by atoms with van der Waals surface area (Å²) in [5.74, 6) is 0.0603. The fraction of sp³-hybridized carbons (Fsp3) is 0.556. The number of ether oxygens (including phenoxy) is 1. The maximum absolute atomic E-state index is 11.0. The van der Waals surface area contributed by atoms with Crippen molar-refractivity contribution < 1.29 is 9.53 Å². The minimum atomic E-state index is 0.0603. The molecular weight excluding hydrogens is 168 g/mol. The third kappa shape index (κ3) is 1.62. The molecule has 70 valence electrons. The van der Waals surface area contributed by atoms with Gasteiger partial charge in [-0.2, -0.15) is 5.10 Å². The van der Waals surface area contributed by atoms with Crippen LogP contribution in [0.4, 0.5) is 0 Å². The number of carbonyl (C=O) groups excluding carboxylic acids is 1. The normalized spacial score (nSPS) is 22.1. The average Bonchev–Trinajstić information content (AvgIpc) is 2.75. The van der Waals surface area contributed by atoms with Crippen molar-refractivity contribution in [2.24, 2.45) is 0 Å². The quantitative estimate of drug-likeness (QED) is 0.639. The second-order valence-electron chi connectivity index (χ2n) is 3.28. The van der Waals surface area contributed by atoms with E-state index in [0.29, 0.717) is 18.2 Å². The highest BCUT2D eigenvalue weighted by Gasteiger charge is 2.18. The predicted octanol–water partition coefficient (Wildman–Crippen LogP) is 1.05. The van der Waals surface area contributed by atoms with Crippen LogP contribution < -0.4 is 0 Å². The number of aromatic nitrogens is 2. The molecule has 1 atom stereocenters. The number of Topliss-reactive ketones (excluding diaryl/α,β-unsaturated/α-hetero) is 1. The van der Waals surface area contributed by atoms with E-state index in [-0.39, 0.29) is 5.78 Å². The fourth-order valence-corrected chi connectivity index (χ4v) is 1.45. The third-order valence-electron chi connectivity index (χ3n) is 2.29. The van der Waals surface area contributed by atoms with E-state index in [1.165, 1.54) is 0 Å². The lowest BCUT2D eigenvalue weighted by Gasteiger charge is -2.06. The number of hydrogen-bond acceptors (Lipinski definition) is 3. The molecule has 1 aromatic heterocycles. The first-order chi connectivity index (χ1) is 6.27. The van der Waals surface area contributed by atoms with Crippen molar-refractivity contribution in [3.05, 3.63) is 18.0 Å². The zero-order valence-corrected chi connectivity index (χ0v) is 7.56. The summed E-state index contributed by atoms with van der Waals surface area (Å²) in [6.45, 7) is 3.05. The van der Waals surface area contributed by atoms with Gasteiger partial charge in [-0.05, 0) is 13.3 Å². The largest absolute Gasteiger partial charge is 0.379 e. The summed E-state index contributed by atoms with van der Waals surface area (Å²) in [6.07, 6.45) is 4.39. The summed E-state index contributed by atoms with van der Waals surface area (Å²) in [4.78, 5) is 11.0. The molecule has 0 N–H and O–H groups in total. The van der Waals surface area contributed by atoms with Crippen LogP contribution in [0.15, 0.2) is 12.4 Å². The maximum atomic E-state index is 11.0. The summed E-state index contributed by atoms with van der Waals surface area (Å²) in [5.41, 5.74) is 0.673. The van der Waals surface area contributed by atoms with E-state index in [9.17, 15) is 4.79 Å². The topological polar surface area (TPSA) is 44.1 Å². The number of hydrogen-bond donors (Lipinski definition) is 0. The molecule has 1 saturated heterocycles. The molecule has 0 aromatic carbocycles. The zero-order chi connectivity index (χ0) is 9.26. The second-order valence-corrected chi connectivity index (χ2v) is 3.28. The number of carbonyl (C=O) groups is 1. The Labute approximate surface area is 76.5 Å². The van der Waals surface area contributed by atoms with Gasteiger partial charge in [0.15, 0.2) is 5.78 Å². The Morgan fingerprint density at radius 3 is 3.15 bits per heavy atom. The molecular formula is C9H12N2O2. The first-order valence-electron chi connectivity index (χ1n) is 4.40. The highest BCUT2D eigenvalue weighted by molar-refractivity contribution is 5.93. The summed E-state index contributed by atoms with van der Waals surface area (Å²) < 4.78 is 7.06. The molecule has 13 heavy (non-hydrogen) atoms. The van der Waals surface area contributed by atoms with Gasteiger partial charge in [-0.1, -0.05) is 0 Å². The molecule has 4 nitrogen and oxygen atoms in total. The molecule has 1 unspecified atom stereocenters. The van der Waals surface area contributed by atoms with Crippen molar-refractivity contribution >= 4 is 5.78 Å². The van der Waals surface area contributed by atoms with E-state index in [1.54, 1.807) is 19.3 Å². The van der Waals surface area contributed by atoms with Crippen LogP contribution in [0, 0.1) is 0 Å². The maximum Gasteiger partial charge on any atom is 0.162 e. The average molecular weight is 180 g/mol. The van der Waals surface area contributed by atoms with Crippen LogP contribution in [0.25, 0.3) is 0 Å². The van der Waals surface area contributed by atoms with Crippen LogP contribution in [-0.2, 0) is 4.74 Å². The van der Waals surface area contributed by atoms with Crippen molar-refractivity contribution in [3.63, 3.8) is 0 Å². The van der Waals surface area contributed by atoms with Crippen LogP contribution >= 0.6 is 0 Å². The monoisotopic (exact) mass is 180 g/mol. The molecule has 1 fully saturated rings. The van der Waals surface area contributed by atoms with Gasteiger partial charge < -0.3 is 4.74 Å². The first kappa shape index (κ1) is 8.44. The van der Waals surface area contributed by atoms with Crippen molar-refractivity contribution in [2.45, 2.75) is 19.4 Å². The van der Waals surface area contributed by atoms with Crippen molar-refractivity contribution in [1.82, 2.24) is 9.78 Å². The summed E-state index contributed by atoms with van der Waals surface area (Å²) in [5, 5.41) is 4.14. The highest BCUT2D eigenvalue weighted by Crippen LogP contribution is 2.18. The minimum absolute atomic E-state index is 0.0603. The van der Waals surface area contributed by atoms with Crippen LogP contribution in [0.5, 0.6) is 0 Å². The lowest BCUT2D eigenvalue weighted by molar-refractivity contribution is 0.101. The van der Waals surface area contributed by atoms with Crippen LogP contribution in [0.1, 0.15) is 29.7 Å². The lowest BCUT2D eigenvalue weighted by atomic mass is 10.2. The number of rotatable bonds is 2. The van der Waals surface area contributed by atoms with Crippen LogP contribution in [-0.4, -0.2) is 28.8 Å². The Morgan fingerprint density at radius 1 is 1.77 bits per heavy atom. The van der Waals surface area contributed by atoms with E-state index in [2.05, 4.69) is 5.10 Å². The Balaban J connectivity index is 2.16. The molecule has 4 heteroatoms. The van der Waals surface area contributed by atoms with E-state index in [4.69, 9.17) is 4.74 Å². The lowest BCUT2D eigenvalue weighted by Crippen LogP contribution is -2.08. The molecule has 1 aliphatic rings. The molecule has 0 aliphatic carbocycles. The van der Waals surface area contributed by atoms with E-state index >= 15 is 0 Å². The van der Waals surface area contributed by atoms with Gasteiger partial charge in [0, 0.05) is 12.8 Å². The highest BCUT2D eigenvalue weighted by atomic mass is 16.5. The van der Waals surface area contributed by atoms with Crippen LogP contribution in [0.3, 0.4) is 0 Å². The molecule has 1 aromatic rings. The summed E-state index contributed by atoms with van der Waals surface area (Å²) in [7, 11) is 0. The van der Waals surface area contributed by atoms with E-state index in [0.717, 1.165) is 13.0 Å². The predicted molar refractivity (Wildman–Crippen MR) is 46.7 cm³/mol. The molecule has 2 heterocycles. The van der Waals surface area contributed by atoms with Crippen LogP contribution in [0.2, 0.25) is 0 Å². The second kappa shape index (κ2) is 3.30. The molecule has 0 saturated carbocycles. The zero-order valence-electron chi connectivity index (χ0n) is 7.56. The fourth-order valence-electron chi connectivity index (χ4n) is 1.45. The van der Waals surface area contributed by atoms with Gasteiger partial charge in [-0.15, -0.1) is 0 Å². The van der Waals surface area contributed by atoms with Gasteiger partial charge >= 0.3 is 0 Å². The van der Waals surface area contributed by atoms with Gasteiger partial charge in [-0.25, -0.2) is 0 Å². The Bertz CT molecular complexity index is 313. The van der Waals surface area contributed by atoms with E-state index in [1.807, 2.05) is 4.68 Å². The van der Waals surface area contributed by atoms with Crippen molar-refractivity contribution in [2.75, 3.05) is 13.2 Å².